The lowest BCUT2D eigenvalue weighted by atomic mass is 10.1. The second-order valence-electron chi connectivity index (χ2n) is 7.01. The molecule has 0 aliphatic heterocycles. The minimum atomic E-state index is -4.11. The zero-order valence-electron chi connectivity index (χ0n) is 17.5. The van der Waals surface area contributed by atoms with Gasteiger partial charge in [0.15, 0.2) is 5.75 Å². The number of rotatable bonds is 7. The van der Waals surface area contributed by atoms with Crippen LogP contribution < -0.4 is 20.3 Å². The first kappa shape index (κ1) is 24.4. The number of carbonyl (C=O) groups excluding carboxylic acids is 1. The van der Waals surface area contributed by atoms with Gasteiger partial charge in [-0.3, -0.25) is 9.18 Å². The summed E-state index contributed by atoms with van der Waals surface area (Å²) in [6.45, 7) is 0.779. The lowest BCUT2D eigenvalue weighted by molar-refractivity contribution is 0.207. The van der Waals surface area contributed by atoms with Gasteiger partial charge in [0.05, 0.1) is 35.3 Å². The van der Waals surface area contributed by atoms with Crippen molar-refractivity contribution in [2.75, 3.05) is 17.7 Å². The third-order valence-electron chi connectivity index (χ3n) is 4.65. The monoisotopic (exact) mass is 500 g/mol. The summed E-state index contributed by atoms with van der Waals surface area (Å²) in [7, 11) is -2.56. The first-order chi connectivity index (χ1) is 15.5. The molecule has 1 heterocycles. The average molecular weight is 501 g/mol. The summed E-state index contributed by atoms with van der Waals surface area (Å²) in [5, 5.41) is 2.77. The van der Waals surface area contributed by atoms with Crippen LogP contribution in [0.15, 0.2) is 35.4 Å². The summed E-state index contributed by atoms with van der Waals surface area (Å²) in [4.78, 5) is 28.6. The minimum Gasteiger partial charge on any atom is -0.408 e. The van der Waals surface area contributed by atoms with Crippen LogP contribution in [0.2, 0.25) is 5.02 Å². The lowest BCUT2D eigenvalue weighted by Crippen LogP contribution is -2.34. The van der Waals surface area contributed by atoms with Crippen LogP contribution in [0.4, 0.5) is 25.0 Å². The topological polar surface area (TPSA) is 119 Å². The van der Waals surface area contributed by atoms with Crippen molar-refractivity contribution in [1.29, 1.82) is 0 Å². The van der Waals surface area contributed by atoms with E-state index in [1.807, 2.05) is 0 Å². The van der Waals surface area contributed by atoms with Crippen LogP contribution in [0.5, 0.6) is 5.75 Å². The van der Waals surface area contributed by atoms with Crippen molar-refractivity contribution >= 4 is 50.0 Å². The molecule has 0 fully saturated rings. The molecular formula is C20H19ClF2N4O5S. The molecule has 3 rings (SSSR count). The number of hydrogen-bond acceptors (Lipinski definition) is 7. The van der Waals surface area contributed by atoms with E-state index < -0.39 is 34.4 Å². The second-order valence-corrected chi connectivity index (χ2v) is 9.23. The van der Waals surface area contributed by atoms with Gasteiger partial charge in [0, 0.05) is 12.7 Å². The van der Waals surface area contributed by atoms with E-state index in [4.69, 9.17) is 16.3 Å². The number of benzene rings is 2. The molecule has 2 N–H and O–H groups in total. The average Bonchev–Trinajstić information content (AvgIpc) is 2.75. The number of carbonyl (C=O) groups is 1. The van der Waals surface area contributed by atoms with Crippen molar-refractivity contribution in [3.05, 3.63) is 57.3 Å². The number of hydrogen-bond donors (Lipinski definition) is 2. The van der Waals surface area contributed by atoms with Gasteiger partial charge < -0.3 is 14.6 Å². The van der Waals surface area contributed by atoms with Gasteiger partial charge >= 0.3 is 6.09 Å². The predicted molar refractivity (Wildman–Crippen MR) is 120 cm³/mol. The van der Waals surface area contributed by atoms with Crippen molar-refractivity contribution < 1.29 is 26.7 Å². The number of amides is 1. The predicted octanol–water partition coefficient (Wildman–Crippen LogP) is 3.56. The van der Waals surface area contributed by atoms with Gasteiger partial charge in [-0.1, -0.05) is 11.6 Å². The molecule has 1 aromatic heterocycles. The van der Waals surface area contributed by atoms with Crippen LogP contribution in [-0.2, 0) is 17.1 Å². The van der Waals surface area contributed by atoms with E-state index in [2.05, 4.69) is 10.3 Å². The Balaban J connectivity index is 1.91. The molecule has 13 heteroatoms. The van der Waals surface area contributed by atoms with E-state index in [0.29, 0.717) is 22.2 Å². The van der Waals surface area contributed by atoms with Gasteiger partial charge in [-0.05, 0) is 43.2 Å². The van der Waals surface area contributed by atoms with E-state index >= 15 is 0 Å². The summed E-state index contributed by atoms with van der Waals surface area (Å²) >= 11 is 6.21. The number of nitrogens with one attached hydrogen (secondary N) is 2. The number of fused-ring (bicyclic) bond motifs is 1. The highest BCUT2D eigenvalue weighted by atomic mass is 35.5. The SMILES string of the molecule is Cc1c(Nc2c(F)ccc(OC(=O)NS(=O)(=O)CCCF)c2Cl)ccc2ncn(C)c(=O)c12. The standard InChI is InChI=1S/C20H19ClF2N4O5S/c1-11-13(5-6-14-16(11)19(28)27(2)10-24-14)25-18-12(23)4-7-15(17(18)21)32-20(29)26-33(30,31)9-3-8-22/h4-7,10,25H,3,8-9H2,1-2H3,(H,26,29). The molecule has 0 unspecified atom stereocenters. The van der Waals surface area contributed by atoms with E-state index in [9.17, 15) is 26.8 Å². The maximum Gasteiger partial charge on any atom is 0.426 e. The van der Waals surface area contributed by atoms with Crippen LogP contribution in [-0.4, -0.2) is 36.5 Å². The fourth-order valence-corrected chi connectivity index (χ4v) is 4.12. The lowest BCUT2D eigenvalue weighted by Gasteiger charge is -2.16. The molecule has 9 nitrogen and oxygen atoms in total. The van der Waals surface area contributed by atoms with E-state index in [1.165, 1.54) is 10.9 Å². The maximum atomic E-state index is 14.5. The largest absolute Gasteiger partial charge is 0.426 e. The van der Waals surface area contributed by atoms with Crippen molar-refractivity contribution in [2.24, 2.45) is 7.05 Å². The number of nitrogens with zero attached hydrogens (tertiary/aromatic N) is 2. The Kier molecular flexibility index (Phi) is 7.18. The van der Waals surface area contributed by atoms with Crippen LogP contribution in [0.3, 0.4) is 0 Å². The highest BCUT2D eigenvalue weighted by Crippen LogP contribution is 2.37. The van der Waals surface area contributed by atoms with E-state index in [-0.39, 0.29) is 28.4 Å². The number of aromatic nitrogens is 2. The summed E-state index contributed by atoms with van der Waals surface area (Å²) in [6.07, 6.45) is -0.292. The first-order valence-corrected chi connectivity index (χ1v) is 11.6. The Morgan fingerprint density at radius 2 is 2.00 bits per heavy atom. The molecule has 33 heavy (non-hydrogen) atoms. The quantitative estimate of drug-likeness (QED) is 0.509. The van der Waals surface area contributed by atoms with Crippen molar-refractivity contribution in [3.63, 3.8) is 0 Å². The molecule has 0 radical (unpaired) electrons. The Morgan fingerprint density at radius 1 is 1.27 bits per heavy atom. The smallest absolute Gasteiger partial charge is 0.408 e. The van der Waals surface area contributed by atoms with Crippen LogP contribution in [0.1, 0.15) is 12.0 Å². The fourth-order valence-electron chi connectivity index (χ4n) is 2.99. The maximum absolute atomic E-state index is 14.5. The van der Waals surface area contributed by atoms with Crippen LogP contribution in [0.25, 0.3) is 10.9 Å². The van der Waals surface area contributed by atoms with Crippen molar-refractivity contribution in [2.45, 2.75) is 13.3 Å². The van der Waals surface area contributed by atoms with E-state index in [0.717, 1.165) is 12.1 Å². The van der Waals surface area contributed by atoms with Crippen molar-refractivity contribution in [1.82, 2.24) is 14.3 Å². The molecule has 0 spiro atoms. The summed E-state index contributed by atoms with van der Waals surface area (Å²) in [5.41, 5.74) is 0.736. The summed E-state index contributed by atoms with van der Waals surface area (Å²) < 4.78 is 58.0. The first-order valence-electron chi connectivity index (χ1n) is 9.52. The van der Waals surface area contributed by atoms with Gasteiger partial charge in [-0.15, -0.1) is 0 Å². The molecule has 3 aromatic rings. The molecule has 0 bridgehead atoms. The second kappa shape index (κ2) is 9.71. The Hall–Kier alpha value is -3.25. The number of anilines is 2. The molecule has 0 aliphatic rings. The van der Waals surface area contributed by atoms with Gasteiger partial charge in [-0.2, -0.15) is 0 Å². The van der Waals surface area contributed by atoms with Gasteiger partial charge in [-0.25, -0.2) is 27.3 Å². The third kappa shape index (κ3) is 5.40. The van der Waals surface area contributed by atoms with Gasteiger partial charge in [0.1, 0.15) is 10.8 Å². The number of aryl methyl sites for hydroxylation is 2. The highest BCUT2D eigenvalue weighted by molar-refractivity contribution is 7.90. The van der Waals surface area contributed by atoms with Crippen LogP contribution in [0, 0.1) is 12.7 Å². The molecular weight excluding hydrogens is 482 g/mol. The number of sulfonamides is 1. The molecule has 176 valence electrons. The molecule has 0 saturated carbocycles. The zero-order chi connectivity index (χ0) is 24.3. The minimum absolute atomic E-state index is 0.259. The number of alkyl halides is 1. The number of halogens is 3. The summed E-state index contributed by atoms with van der Waals surface area (Å²) in [6, 6.07) is 5.17. The summed E-state index contributed by atoms with van der Waals surface area (Å²) in [5.74, 6) is -1.73. The molecule has 1 amide bonds. The van der Waals surface area contributed by atoms with Gasteiger partial charge in [0.25, 0.3) is 5.56 Å². The Morgan fingerprint density at radius 3 is 2.70 bits per heavy atom. The number of ether oxygens (including phenoxy) is 1. The van der Waals surface area contributed by atoms with Crippen molar-refractivity contribution in [3.8, 4) is 5.75 Å². The fraction of sp³-hybridized carbons (Fsp3) is 0.250. The molecule has 0 atom stereocenters. The third-order valence-corrected chi connectivity index (χ3v) is 6.33. The Labute approximate surface area is 192 Å². The normalized spacial score (nSPS) is 11.4. The molecule has 0 saturated heterocycles. The molecule has 2 aromatic carbocycles. The highest BCUT2D eigenvalue weighted by Gasteiger charge is 2.20. The Bertz CT molecular complexity index is 1400. The van der Waals surface area contributed by atoms with Gasteiger partial charge in [0.2, 0.25) is 10.0 Å². The van der Waals surface area contributed by atoms with E-state index in [1.54, 1.807) is 30.8 Å². The zero-order valence-corrected chi connectivity index (χ0v) is 19.1. The molecule has 0 aliphatic carbocycles. The van der Waals surface area contributed by atoms with Crippen LogP contribution >= 0.6 is 11.6 Å².